The summed E-state index contributed by atoms with van der Waals surface area (Å²) in [6.45, 7) is 8.20. The van der Waals surface area contributed by atoms with Crippen molar-refractivity contribution >= 4 is 17.5 Å². The van der Waals surface area contributed by atoms with Gasteiger partial charge < -0.3 is 9.64 Å². The normalized spacial score (nSPS) is 16.4. The lowest BCUT2D eigenvalue weighted by atomic mass is 9.84. The first kappa shape index (κ1) is 18.7. The number of pyridine rings is 1. The summed E-state index contributed by atoms with van der Waals surface area (Å²) >= 11 is 6.20. The van der Waals surface area contributed by atoms with Crippen molar-refractivity contribution < 1.29 is 9.53 Å². The fourth-order valence-electron chi connectivity index (χ4n) is 3.38. The maximum atomic E-state index is 12.8. The van der Waals surface area contributed by atoms with Crippen molar-refractivity contribution in [2.75, 3.05) is 13.1 Å². The Balaban J connectivity index is 1.71. The third kappa shape index (κ3) is 4.36. The van der Waals surface area contributed by atoms with E-state index in [2.05, 4.69) is 18.8 Å². The van der Waals surface area contributed by atoms with Crippen LogP contribution in [-0.2, 0) is 6.61 Å². The first-order valence-electron chi connectivity index (χ1n) is 8.99. The van der Waals surface area contributed by atoms with Gasteiger partial charge in [-0.3, -0.25) is 4.79 Å². The summed E-state index contributed by atoms with van der Waals surface area (Å²) in [5, 5.41) is 0.577. The van der Waals surface area contributed by atoms with Gasteiger partial charge in [-0.25, -0.2) is 4.98 Å². The SMILES string of the molecule is Cc1cccc(Cl)c1OCc1cccc(C(=O)N2CCCC(C)(C)C2)n1. The molecule has 2 aromatic rings. The highest BCUT2D eigenvalue weighted by Gasteiger charge is 2.30. The number of carbonyl (C=O) groups excluding carboxylic acids is 1. The second-order valence-corrected chi connectivity index (χ2v) is 8.09. The number of halogens is 1. The first-order chi connectivity index (χ1) is 12.4. The van der Waals surface area contributed by atoms with Gasteiger partial charge in [-0.05, 0) is 48.9 Å². The lowest BCUT2D eigenvalue weighted by Gasteiger charge is -2.37. The van der Waals surface area contributed by atoms with Crippen molar-refractivity contribution in [3.8, 4) is 5.75 Å². The second-order valence-electron chi connectivity index (χ2n) is 7.68. The van der Waals surface area contributed by atoms with E-state index >= 15 is 0 Å². The van der Waals surface area contributed by atoms with Crippen LogP contribution in [0.25, 0.3) is 0 Å². The van der Waals surface area contributed by atoms with Gasteiger partial charge in [0, 0.05) is 13.1 Å². The summed E-state index contributed by atoms with van der Waals surface area (Å²) in [5.74, 6) is 0.652. The van der Waals surface area contributed by atoms with Crippen LogP contribution in [0.1, 0.15) is 48.4 Å². The van der Waals surface area contributed by atoms with E-state index in [1.807, 2.05) is 36.1 Å². The van der Waals surface area contributed by atoms with Crippen LogP contribution in [0.15, 0.2) is 36.4 Å². The molecule has 4 nitrogen and oxygen atoms in total. The summed E-state index contributed by atoms with van der Waals surface area (Å²) in [7, 11) is 0. The number of ether oxygens (including phenoxy) is 1. The Morgan fingerprint density at radius 3 is 2.77 bits per heavy atom. The molecule has 0 atom stereocenters. The number of aromatic nitrogens is 1. The molecule has 138 valence electrons. The lowest BCUT2D eigenvalue weighted by molar-refractivity contribution is 0.0577. The molecule has 3 rings (SSSR count). The molecule has 1 aliphatic rings. The van der Waals surface area contributed by atoms with E-state index in [0.29, 0.717) is 22.2 Å². The summed E-state index contributed by atoms with van der Waals surface area (Å²) in [4.78, 5) is 19.2. The molecule has 0 unspecified atom stereocenters. The average Bonchev–Trinajstić information content (AvgIpc) is 2.60. The van der Waals surface area contributed by atoms with Gasteiger partial charge in [-0.2, -0.15) is 0 Å². The Kier molecular flexibility index (Phi) is 5.52. The molecule has 1 amide bonds. The molecular weight excluding hydrogens is 348 g/mol. The number of rotatable bonds is 4. The molecule has 1 fully saturated rings. The third-order valence-electron chi connectivity index (χ3n) is 4.74. The van der Waals surface area contributed by atoms with Gasteiger partial charge in [0.15, 0.2) is 0 Å². The molecule has 0 radical (unpaired) electrons. The summed E-state index contributed by atoms with van der Waals surface area (Å²) in [6.07, 6.45) is 2.18. The molecule has 0 saturated carbocycles. The van der Waals surface area contributed by atoms with Crippen LogP contribution < -0.4 is 4.74 Å². The number of aryl methyl sites for hydroxylation is 1. The smallest absolute Gasteiger partial charge is 0.272 e. The number of piperidine rings is 1. The molecular formula is C21H25ClN2O2. The standard InChI is InChI=1S/C21H25ClN2O2/c1-15-7-4-9-17(22)19(15)26-13-16-8-5-10-18(23-16)20(25)24-12-6-11-21(2,3)14-24/h4-5,7-10H,6,11-14H2,1-3H3. The number of carbonyl (C=O) groups is 1. The highest BCUT2D eigenvalue weighted by molar-refractivity contribution is 6.32. The van der Waals surface area contributed by atoms with Crippen LogP contribution >= 0.6 is 11.6 Å². The van der Waals surface area contributed by atoms with Gasteiger partial charge in [0.25, 0.3) is 5.91 Å². The van der Waals surface area contributed by atoms with Gasteiger partial charge in [0.2, 0.25) is 0 Å². The molecule has 5 heteroatoms. The quantitative estimate of drug-likeness (QED) is 0.767. The topological polar surface area (TPSA) is 42.4 Å². The Hall–Kier alpha value is -2.07. The van der Waals surface area contributed by atoms with Crippen LogP contribution in [0, 0.1) is 12.3 Å². The lowest BCUT2D eigenvalue weighted by Crippen LogP contribution is -2.43. The zero-order valence-electron chi connectivity index (χ0n) is 15.6. The highest BCUT2D eigenvalue weighted by atomic mass is 35.5. The maximum absolute atomic E-state index is 12.8. The summed E-state index contributed by atoms with van der Waals surface area (Å²) < 4.78 is 5.85. The monoisotopic (exact) mass is 372 g/mol. The number of likely N-dealkylation sites (tertiary alicyclic amines) is 1. The number of para-hydroxylation sites is 1. The van der Waals surface area contributed by atoms with E-state index in [-0.39, 0.29) is 17.9 Å². The molecule has 1 aromatic carbocycles. The van der Waals surface area contributed by atoms with E-state index < -0.39 is 0 Å². The van der Waals surface area contributed by atoms with Crippen LogP contribution in [0.4, 0.5) is 0 Å². The first-order valence-corrected chi connectivity index (χ1v) is 9.37. The second kappa shape index (κ2) is 7.67. The Bertz CT molecular complexity index is 784. The van der Waals surface area contributed by atoms with Crippen molar-refractivity contribution in [2.24, 2.45) is 5.41 Å². The predicted molar refractivity (Wildman–Crippen MR) is 104 cm³/mol. The predicted octanol–water partition coefficient (Wildman–Crippen LogP) is 4.88. The molecule has 0 bridgehead atoms. The fourth-order valence-corrected chi connectivity index (χ4v) is 3.66. The molecule has 0 spiro atoms. The third-order valence-corrected chi connectivity index (χ3v) is 5.04. The minimum Gasteiger partial charge on any atom is -0.485 e. The zero-order chi connectivity index (χ0) is 18.7. The van der Waals surface area contributed by atoms with Crippen LogP contribution in [0.5, 0.6) is 5.75 Å². The van der Waals surface area contributed by atoms with Crippen LogP contribution in [0.2, 0.25) is 5.02 Å². The molecule has 1 aliphatic heterocycles. The van der Waals surface area contributed by atoms with Gasteiger partial charge in [0.05, 0.1) is 10.7 Å². The largest absolute Gasteiger partial charge is 0.485 e. The summed E-state index contributed by atoms with van der Waals surface area (Å²) in [6, 6.07) is 11.1. The molecule has 1 saturated heterocycles. The van der Waals surface area contributed by atoms with E-state index in [4.69, 9.17) is 16.3 Å². The van der Waals surface area contributed by atoms with E-state index in [9.17, 15) is 4.79 Å². The molecule has 0 N–H and O–H groups in total. The Morgan fingerprint density at radius 1 is 1.27 bits per heavy atom. The van der Waals surface area contributed by atoms with Gasteiger partial charge in [0.1, 0.15) is 18.1 Å². The number of hydrogen-bond donors (Lipinski definition) is 0. The summed E-state index contributed by atoms with van der Waals surface area (Å²) in [5.41, 5.74) is 2.32. The molecule has 2 heterocycles. The van der Waals surface area contributed by atoms with Gasteiger partial charge >= 0.3 is 0 Å². The van der Waals surface area contributed by atoms with Crippen molar-refractivity contribution in [1.82, 2.24) is 9.88 Å². The number of nitrogens with zero attached hydrogens (tertiary/aromatic N) is 2. The van der Waals surface area contributed by atoms with E-state index in [0.717, 1.165) is 31.5 Å². The Labute approximate surface area is 160 Å². The fraction of sp³-hybridized carbons (Fsp3) is 0.429. The molecule has 26 heavy (non-hydrogen) atoms. The number of hydrogen-bond acceptors (Lipinski definition) is 3. The van der Waals surface area contributed by atoms with Crippen LogP contribution in [-0.4, -0.2) is 28.9 Å². The van der Waals surface area contributed by atoms with Crippen LogP contribution in [0.3, 0.4) is 0 Å². The molecule has 0 aliphatic carbocycles. The maximum Gasteiger partial charge on any atom is 0.272 e. The van der Waals surface area contributed by atoms with Gasteiger partial charge in [-0.15, -0.1) is 0 Å². The van der Waals surface area contributed by atoms with E-state index in [1.165, 1.54) is 0 Å². The zero-order valence-corrected chi connectivity index (χ0v) is 16.3. The molecule has 1 aromatic heterocycles. The van der Waals surface area contributed by atoms with Gasteiger partial charge in [-0.1, -0.05) is 43.6 Å². The number of benzene rings is 1. The van der Waals surface area contributed by atoms with Crippen molar-refractivity contribution in [3.05, 3.63) is 58.4 Å². The minimum atomic E-state index is -0.00597. The van der Waals surface area contributed by atoms with Crippen molar-refractivity contribution in [1.29, 1.82) is 0 Å². The van der Waals surface area contributed by atoms with Crippen molar-refractivity contribution in [2.45, 2.75) is 40.2 Å². The Morgan fingerprint density at radius 2 is 2.04 bits per heavy atom. The van der Waals surface area contributed by atoms with Crippen molar-refractivity contribution in [3.63, 3.8) is 0 Å². The minimum absolute atomic E-state index is 0.00597. The highest BCUT2D eigenvalue weighted by Crippen LogP contribution is 2.30. The van der Waals surface area contributed by atoms with E-state index in [1.54, 1.807) is 12.1 Å². The number of amides is 1. The average molecular weight is 373 g/mol.